The van der Waals surface area contributed by atoms with Crippen molar-refractivity contribution in [3.63, 3.8) is 0 Å². The van der Waals surface area contributed by atoms with E-state index in [4.69, 9.17) is 5.73 Å². The highest BCUT2D eigenvalue weighted by Crippen LogP contribution is 2.24. The van der Waals surface area contributed by atoms with E-state index in [1.165, 1.54) is 11.3 Å². The van der Waals surface area contributed by atoms with Crippen molar-refractivity contribution >= 4 is 56.4 Å². The van der Waals surface area contributed by atoms with Gasteiger partial charge in [0.2, 0.25) is 16.0 Å². The summed E-state index contributed by atoms with van der Waals surface area (Å²) < 4.78 is 28.8. The molecule has 2 aliphatic rings. The highest BCUT2D eigenvalue weighted by Gasteiger charge is 2.25. The van der Waals surface area contributed by atoms with E-state index in [-0.39, 0.29) is 5.92 Å². The van der Waals surface area contributed by atoms with Crippen molar-refractivity contribution in [1.82, 2.24) is 24.6 Å². The monoisotopic (exact) mass is 523 g/mol. The zero-order valence-corrected chi connectivity index (χ0v) is 21.6. The molecule has 1 unspecified atom stereocenters. The molecular formula is C25H29N7O2S2. The molecule has 2 aromatic heterocycles. The molecule has 3 heterocycles. The summed E-state index contributed by atoms with van der Waals surface area (Å²) in [5.41, 5.74) is 8.28. The van der Waals surface area contributed by atoms with E-state index in [2.05, 4.69) is 43.8 Å². The van der Waals surface area contributed by atoms with Gasteiger partial charge in [-0.15, -0.1) is 0 Å². The number of aryl methyl sites for hydroxylation is 1. The zero-order chi connectivity index (χ0) is 25.1. The second-order valence-corrected chi connectivity index (χ2v) is 11.9. The fourth-order valence-electron chi connectivity index (χ4n) is 4.26. The van der Waals surface area contributed by atoms with E-state index in [0.29, 0.717) is 35.6 Å². The standard InChI is InChI=1S/C25H29N7O2S2/c1-17-13-20(36(33,34)32-11-2-9-27-10-12-32)6-8-21(17)31-25-28-15-19(16-29-25)4-3-18-5-7-22-23(14-18)35-24(26)30-22/h3-4,6-8,13-16,18,27H,2,5,9-12H2,1H3,(H2,26,30)(H,28,29,31)/b4-3+. The number of nitrogens with zero attached hydrogens (tertiary/aromatic N) is 4. The number of benzene rings is 1. The lowest BCUT2D eigenvalue weighted by molar-refractivity contribution is 0.432. The van der Waals surface area contributed by atoms with Crippen LogP contribution in [-0.2, 0) is 10.0 Å². The van der Waals surface area contributed by atoms with Gasteiger partial charge in [0.05, 0.1) is 14.8 Å². The lowest BCUT2D eigenvalue weighted by Gasteiger charge is -2.20. The highest BCUT2D eigenvalue weighted by molar-refractivity contribution is 7.89. The largest absolute Gasteiger partial charge is 0.375 e. The van der Waals surface area contributed by atoms with Crippen LogP contribution >= 0.6 is 11.3 Å². The number of hydrogen-bond acceptors (Lipinski definition) is 9. The number of fused-ring (bicyclic) bond motifs is 1. The number of allylic oxidation sites excluding steroid dienone is 1. The molecule has 1 aliphatic heterocycles. The van der Waals surface area contributed by atoms with Gasteiger partial charge >= 0.3 is 0 Å². The maximum absolute atomic E-state index is 13.1. The van der Waals surface area contributed by atoms with Crippen molar-refractivity contribution in [2.75, 3.05) is 37.2 Å². The summed E-state index contributed by atoms with van der Waals surface area (Å²) in [6.45, 7) is 4.39. The van der Waals surface area contributed by atoms with E-state index in [1.54, 1.807) is 34.9 Å². The molecule has 5 rings (SSSR count). The molecule has 36 heavy (non-hydrogen) atoms. The van der Waals surface area contributed by atoms with Crippen LogP contribution in [0.4, 0.5) is 16.8 Å². The van der Waals surface area contributed by atoms with Crippen LogP contribution in [0, 0.1) is 12.8 Å². The Kier molecular flexibility index (Phi) is 7.15. The average molecular weight is 524 g/mol. The molecule has 0 radical (unpaired) electrons. The summed E-state index contributed by atoms with van der Waals surface area (Å²) in [5, 5.41) is 8.00. The number of anilines is 3. The quantitative estimate of drug-likeness (QED) is 0.447. The van der Waals surface area contributed by atoms with Crippen molar-refractivity contribution in [1.29, 1.82) is 0 Å². The highest BCUT2D eigenvalue weighted by atomic mass is 32.2. The van der Waals surface area contributed by atoms with Crippen molar-refractivity contribution in [3.05, 3.63) is 57.7 Å². The number of sulfonamides is 1. The summed E-state index contributed by atoms with van der Waals surface area (Å²) in [4.78, 5) is 13.5. The molecule has 1 atom stereocenters. The first-order chi connectivity index (χ1) is 17.4. The Labute approximate surface area is 214 Å². The molecule has 1 fully saturated rings. The van der Waals surface area contributed by atoms with Crippen LogP contribution in [0.2, 0.25) is 0 Å². The van der Waals surface area contributed by atoms with Crippen molar-refractivity contribution in [2.24, 2.45) is 5.92 Å². The molecule has 1 saturated heterocycles. The van der Waals surface area contributed by atoms with Gasteiger partial charge in [0, 0.05) is 49.2 Å². The van der Waals surface area contributed by atoms with Crippen LogP contribution in [0.3, 0.4) is 0 Å². The van der Waals surface area contributed by atoms with Crippen molar-refractivity contribution in [3.8, 4) is 0 Å². The van der Waals surface area contributed by atoms with Crippen LogP contribution < -0.4 is 26.2 Å². The van der Waals surface area contributed by atoms with Gasteiger partial charge in [0.1, 0.15) is 0 Å². The summed E-state index contributed by atoms with van der Waals surface area (Å²) in [7, 11) is -3.52. The first-order valence-corrected chi connectivity index (χ1v) is 14.2. The van der Waals surface area contributed by atoms with Gasteiger partial charge < -0.3 is 16.4 Å². The predicted octanol–water partition coefficient (Wildman–Crippen LogP) is 1.85. The fraction of sp³-hybridized carbons (Fsp3) is 0.320. The lowest BCUT2D eigenvalue weighted by atomic mass is 10.0. The molecule has 3 aromatic rings. The normalized spacial score (nSPS) is 18.8. The molecule has 4 N–H and O–H groups in total. The fourth-order valence-corrected chi connectivity index (χ4v) is 6.67. The van der Waals surface area contributed by atoms with E-state index >= 15 is 0 Å². The molecule has 188 valence electrons. The van der Waals surface area contributed by atoms with Gasteiger partial charge in [-0.25, -0.2) is 23.4 Å². The van der Waals surface area contributed by atoms with E-state index < -0.39 is 10.0 Å². The number of thiazole rings is 1. The van der Waals surface area contributed by atoms with Gasteiger partial charge in [-0.05, 0) is 50.1 Å². The minimum Gasteiger partial charge on any atom is -0.375 e. The predicted molar refractivity (Wildman–Crippen MR) is 145 cm³/mol. The molecule has 0 spiro atoms. The molecule has 1 aliphatic carbocycles. The SMILES string of the molecule is Cc1cc(S(=O)(=O)N2CCCNCC2)ccc1Nc1ncc(/C=C/C2C=c3sc(N)nc3=CC2)cn1. The molecular weight excluding hydrogens is 494 g/mol. The maximum Gasteiger partial charge on any atom is 0.243 e. The van der Waals surface area contributed by atoms with Gasteiger partial charge in [0.15, 0.2) is 5.13 Å². The van der Waals surface area contributed by atoms with Gasteiger partial charge in [0.25, 0.3) is 0 Å². The van der Waals surface area contributed by atoms with Crippen molar-refractivity contribution in [2.45, 2.75) is 24.7 Å². The Balaban J connectivity index is 1.24. The molecule has 0 amide bonds. The molecule has 11 heteroatoms. The Bertz CT molecular complexity index is 1490. The molecule has 0 bridgehead atoms. The third-order valence-electron chi connectivity index (χ3n) is 6.24. The van der Waals surface area contributed by atoms with Gasteiger partial charge in [-0.3, -0.25) is 0 Å². The topological polar surface area (TPSA) is 126 Å². The average Bonchev–Trinajstić information content (AvgIpc) is 3.04. The van der Waals surface area contributed by atoms with Crippen LogP contribution in [0.1, 0.15) is 24.0 Å². The van der Waals surface area contributed by atoms with E-state index in [0.717, 1.165) is 46.1 Å². The third-order valence-corrected chi connectivity index (χ3v) is 9.00. The van der Waals surface area contributed by atoms with Crippen LogP contribution in [0.5, 0.6) is 0 Å². The molecule has 0 saturated carbocycles. The minimum atomic E-state index is -3.52. The Morgan fingerprint density at radius 2 is 2.06 bits per heavy atom. The smallest absolute Gasteiger partial charge is 0.243 e. The lowest BCUT2D eigenvalue weighted by Crippen LogP contribution is -2.34. The summed E-state index contributed by atoms with van der Waals surface area (Å²) in [5.74, 6) is 0.727. The first-order valence-electron chi connectivity index (χ1n) is 11.9. The molecule has 9 nitrogen and oxygen atoms in total. The first kappa shape index (κ1) is 24.6. The third kappa shape index (κ3) is 5.49. The van der Waals surface area contributed by atoms with Crippen LogP contribution in [-0.4, -0.2) is 53.9 Å². The van der Waals surface area contributed by atoms with Gasteiger partial charge in [-0.1, -0.05) is 35.6 Å². The Morgan fingerprint density at radius 1 is 1.22 bits per heavy atom. The minimum absolute atomic E-state index is 0.276. The number of nitrogens with one attached hydrogen (secondary N) is 2. The maximum atomic E-state index is 13.1. The summed E-state index contributed by atoms with van der Waals surface area (Å²) in [6.07, 6.45) is 13.7. The summed E-state index contributed by atoms with van der Waals surface area (Å²) in [6, 6.07) is 5.11. The number of aromatic nitrogens is 3. The Morgan fingerprint density at radius 3 is 2.86 bits per heavy atom. The van der Waals surface area contributed by atoms with E-state index in [9.17, 15) is 8.42 Å². The number of nitrogen functional groups attached to an aromatic ring is 1. The number of rotatable bonds is 6. The van der Waals surface area contributed by atoms with E-state index in [1.807, 2.05) is 13.0 Å². The second-order valence-electron chi connectivity index (χ2n) is 8.88. The van der Waals surface area contributed by atoms with Crippen molar-refractivity contribution < 1.29 is 8.42 Å². The number of nitrogens with two attached hydrogens (primary N) is 1. The van der Waals surface area contributed by atoms with Gasteiger partial charge in [-0.2, -0.15) is 4.31 Å². The summed E-state index contributed by atoms with van der Waals surface area (Å²) >= 11 is 1.50. The van der Waals surface area contributed by atoms with Crippen LogP contribution in [0.15, 0.2) is 41.6 Å². The van der Waals surface area contributed by atoms with Crippen LogP contribution in [0.25, 0.3) is 18.2 Å². The second kappa shape index (κ2) is 10.5. The molecule has 1 aromatic carbocycles. The number of hydrogen-bond donors (Lipinski definition) is 3. The zero-order valence-electron chi connectivity index (χ0n) is 20.0. The Hall–Kier alpha value is -3.12.